The lowest BCUT2D eigenvalue weighted by atomic mass is 10.1. The van der Waals surface area contributed by atoms with E-state index in [0.717, 1.165) is 17.5 Å². The van der Waals surface area contributed by atoms with Crippen molar-refractivity contribution in [1.29, 1.82) is 0 Å². The van der Waals surface area contributed by atoms with Crippen LogP contribution in [0, 0.1) is 0 Å². The van der Waals surface area contributed by atoms with E-state index in [1.54, 1.807) is 48.5 Å². The third-order valence-corrected chi connectivity index (χ3v) is 5.19. The molecule has 3 aromatic carbocycles. The van der Waals surface area contributed by atoms with Gasteiger partial charge in [-0.2, -0.15) is 5.10 Å². The van der Waals surface area contributed by atoms with Gasteiger partial charge < -0.3 is 10.1 Å². The molecule has 0 saturated carbocycles. The number of hydrogen-bond acceptors (Lipinski definition) is 4. The molecule has 0 spiro atoms. The Morgan fingerprint density at radius 1 is 0.938 bits per heavy atom. The molecule has 3 rings (SSSR count). The van der Waals surface area contributed by atoms with E-state index in [-0.39, 0.29) is 0 Å². The molecule has 0 heterocycles. The topological polar surface area (TPSA) is 79.8 Å². The first-order valence-electron chi connectivity index (χ1n) is 9.84. The molecule has 2 N–H and O–H groups in total. The minimum absolute atomic E-state index is 0.313. The van der Waals surface area contributed by atoms with Gasteiger partial charge in [0.2, 0.25) is 0 Å². The lowest BCUT2D eigenvalue weighted by Gasteiger charge is -2.08. The number of anilines is 1. The maximum atomic E-state index is 12.0. The summed E-state index contributed by atoms with van der Waals surface area (Å²) in [5.41, 5.74) is 5.46. The molecule has 0 radical (unpaired) electrons. The highest BCUT2D eigenvalue weighted by molar-refractivity contribution is 6.42. The molecule has 0 bridgehead atoms. The Kier molecular flexibility index (Phi) is 8.25. The number of rotatable bonds is 7. The molecule has 164 valence electrons. The summed E-state index contributed by atoms with van der Waals surface area (Å²) in [6, 6.07) is 19.7. The normalized spacial score (nSPS) is 10.7. The van der Waals surface area contributed by atoms with E-state index in [4.69, 9.17) is 27.9 Å². The highest BCUT2D eigenvalue weighted by Gasteiger charge is 2.12. The van der Waals surface area contributed by atoms with Crippen molar-refractivity contribution >= 4 is 46.9 Å². The third-order valence-electron chi connectivity index (χ3n) is 4.45. The van der Waals surface area contributed by atoms with Crippen molar-refractivity contribution in [2.75, 3.05) is 5.32 Å². The molecule has 0 fully saturated rings. The van der Waals surface area contributed by atoms with Gasteiger partial charge in [0.15, 0.2) is 0 Å². The van der Waals surface area contributed by atoms with Gasteiger partial charge in [-0.1, -0.05) is 60.5 Å². The molecule has 0 aromatic heterocycles. The second-order valence-electron chi connectivity index (χ2n) is 6.81. The Morgan fingerprint density at radius 3 is 2.41 bits per heavy atom. The summed E-state index contributed by atoms with van der Waals surface area (Å²) in [7, 11) is 0. The van der Waals surface area contributed by atoms with Crippen molar-refractivity contribution in [2.24, 2.45) is 5.10 Å². The lowest BCUT2D eigenvalue weighted by Crippen LogP contribution is -2.32. The fourth-order valence-corrected chi connectivity index (χ4v) is 3.03. The van der Waals surface area contributed by atoms with Gasteiger partial charge in [-0.05, 0) is 59.5 Å². The Balaban J connectivity index is 1.51. The predicted octanol–water partition coefficient (Wildman–Crippen LogP) is 5.22. The number of carbonyl (C=O) groups excluding carboxylic acids is 2. The van der Waals surface area contributed by atoms with Crippen molar-refractivity contribution in [2.45, 2.75) is 20.0 Å². The van der Waals surface area contributed by atoms with Crippen LogP contribution in [0.4, 0.5) is 5.69 Å². The van der Waals surface area contributed by atoms with Crippen LogP contribution in [0.1, 0.15) is 23.6 Å². The van der Waals surface area contributed by atoms with Gasteiger partial charge in [0, 0.05) is 5.69 Å². The number of amides is 2. The largest absolute Gasteiger partial charge is 0.489 e. The number of ether oxygens (including phenoxy) is 1. The summed E-state index contributed by atoms with van der Waals surface area (Å²) in [5, 5.41) is 7.32. The van der Waals surface area contributed by atoms with Crippen LogP contribution in [-0.2, 0) is 22.6 Å². The number of hydrazone groups is 1. The molecule has 0 saturated heterocycles. The van der Waals surface area contributed by atoms with Gasteiger partial charge in [0.25, 0.3) is 0 Å². The zero-order valence-electron chi connectivity index (χ0n) is 17.3. The molecule has 0 atom stereocenters. The number of hydrogen-bond donors (Lipinski definition) is 2. The molecular weight excluding hydrogens is 449 g/mol. The fraction of sp³-hybridized carbons (Fsp3) is 0.125. The van der Waals surface area contributed by atoms with E-state index >= 15 is 0 Å². The monoisotopic (exact) mass is 469 g/mol. The SMILES string of the molecule is CCc1ccc(NC(=O)C(=O)N/N=C\c2cccc(OCc3ccc(Cl)c(Cl)c3)c2)cc1. The highest BCUT2D eigenvalue weighted by atomic mass is 35.5. The standard InChI is InChI=1S/C24H21Cl2N3O3/c1-2-16-6-9-19(10-7-16)28-23(30)24(31)29-27-14-17-4-3-5-20(12-17)32-15-18-8-11-21(25)22(26)13-18/h3-14H,2,15H2,1H3,(H,28,30)(H,29,31)/b27-14-. The quantitative estimate of drug-likeness (QED) is 0.282. The Hall–Kier alpha value is -3.35. The van der Waals surface area contributed by atoms with Crippen LogP contribution in [0.15, 0.2) is 71.8 Å². The van der Waals surface area contributed by atoms with Crippen molar-refractivity contribution in [3.05, 3.63) is 93.5 Å². The van der Waals surface area contributed by atoms with Gasteiger partial charge in [0.1, 0.15) is 12.4 Å². The van der Waals surface area contributed by atoms with Gasteiger partial charge in [-0.3, -0.25) is 9.59 Å². The zero-order chi connectivity index (χ0) is 22.9. The summed E-state index contributed by atoms with van der Waals surface area (Å²) in [6.45, 7) is 2.35. The minimum Gasteiger partial charge on any atom is -0.489 e. The predicted molar refractivity (Wildman–Crippen MR) is 127 cm³/mol. The fourth-order valence-electron chi connectivity index (χ4n) is 2.71. The molecule has 8 heteroatoms. The smallest absolute Gasteiger partial charge is 0.329 e. The number of carbonyl (C=O) groups is 2. The van der Waals surface area contributed by atoms with Crippen molar-refractivity contribution in [3.63, 3.8) is 0 Å². The molecule has 6 nitrogen and oxygen atoms in total. The van der Waals surface area contributed by atoms with E-state index in [2.05, 4.69) is 15.8 Å². The van der Waals surface area contributed by atoms with E-state index in [1.165, 1.54) is 6.21 Å². The number of aryl methyl sites for hydroxylation is 1. The number of nitrogens with one attached hydrogen (secondary N) is 2. The Morgan fingerprint density at radius 2 is 1.69 bits per heavy atom. The van der Waals surface area contributed by atoms with Crippen LogP contribution >= 0.6 is 23.2 Å². The first-order valence-corrected chi connectivity index (χ1v) is 10.6. The summed E-state index contributed by atoms with van der Waals surface area (Å²) in [6.07, 6.45) is 2.32. The summed E-state index contributed by atoms with van der Waals surface area (Å²) >= 11 is 11.9. The maximum Gasteiger partial charge on any atom is 0.329 e. The minimum atomic E-state index is -0.868. The molecule has 3 aromatic rings. The zero-order valence-corrected chi connectivity index (χ0v) is 18.8. The number of halogens is 2. The van der Waals surface area contributed by atoms with Crippen LogP contribution in [0.2, 0.25) is 10.0 Å². The molecule has 32 heavy (non-hydrogen) atoms. The first-order chi connectivity index (χ1) is 15.4. The maximum absolute atomic E-state index is 12.0. The number of benzene rings is 3. The van der Waals surface area contributed by atoms with Crippen LogP contribution in [0.25, 0.3) is 0 Å². The van der Waals surface area contributed by atoms with Crippen molar-refractivity contribution < 1.29 is 14.3 Å². The molecule has 0 aliphatic heterocycles. The van der Waals surface area contributed by atoms with Gasteiger partial charge in [0.05, 0.1) is 16.3 Å². The third kappa shape index (κ3) is 6.83. The molecule has 0 unspecified atom stereocenters. The van der Waals surface area contributed by atoms with Crippen molar-refractivity contribution in [3.8, 4) is 5.75 Å². The van der Waals surface area contributed by atoms with E-state index in [9.17, 15) is 9.59 Å². The van der Waals surface area contributed by atoms with Gasteiger partial charge in [-0.25, -0.2) is 5.43 Å². The Labute approximate surface area is 196 Å². The van der Waals surface area contributed by atoms with Crippen LogP contribution in [0.3, 0.4) is 0 Å². The Bertz CT molecular complexity index is 1130. The van der Waals surface area contributed by atoms with Crippen LogP contribution < -0.4 is 15.5 Å². The molecule has 2 amide bonds. The second-order valence-corrected chi connectivity index (χ2v) is 7.63. The van der Waals surface area contributed by atoms with Gasteiger partial charge >= 0.3 is 11.8 Å². The number of nitrogens with zero attached hydrogens (tertiary/aromatic N) is 1. The average Bonchev–Trinajstić information content (AvgIpc) is 2.80. The van der Waals surface area contributed by atoms with Crippen molar-refractivity contribution in [1.82, 2.24) is 5.43 Å². The van der Waals surface area contributed by atoms with E-state index < -0.39 is 11.8 Å². The van der Waals surface area contributed by atoms with Crippen LogP contribution in [-0.4, -0.2) is 18.0 Å². The van der Waals surface area contributed by atoms with E-state index in [1.807, 2.05) is 25.1 Å². The molecular formula is C24H21Cl2N3O3. The molecule has 0 aliphatic rings. The summed E-state index contributed by atoms with van der Waals surface area (Å²) in [5.74, 6) is -1.06. The highest BCUT2D eigenvalue weighted by Crippen LogP contribution is 2.23. The summed E-state index contributed by atoms with van der Waals surface area (Å²) in [4.78, 5) is 24.0. The molecule has 0 aliphatic carbocycles. The average molecular weight is 470 g/mol. The van der Waals surface area contributed by atoms with Crippen LogP contribution in [0.5, 0.6) is 5.75 Å². The second kappa shape index (κ2) is 11.3. The lowest BCUT2D eigenvalue weighted by molar-refractivity contribution is -0.136. The first kappa shape index (κ1) is 23.3. The van der Waals surface area contributed by atoms with Gasteiger partial charge in [-0.15, -0.1) is 0 Å². The van der Waals surface area contributed by atoms with E-state index in [0.29, 0.717) is 33.7 Å². The summed E-state index contributed by atoms with van der Waals surface area (Å²) < 4.78 is 5.76.